The lowest BCUT2D eigenvalue weighted by atomic mass is 9.93. The zero-order valence-electron chi connectivity index (χ0n) is 29.0. The van der Waals surface area contributed by atoms with Crippen LogP contribution in [-0.2, 0) is 60.6 Å². The first-order valence-corrected chi connectivity index (χ1v) is 17.3. The largest absolute Gasteiger partial charge is 0.481 e. The van der Waals surface area contributed by atoms with Crippen LogP contribution < -0.4 is 11.1 Å². The van der Waals surface area contributed by atoms with Crippen molar-refractivity contribution in [2.45, 2.75) is 64.9 Å². The molecule has 1 aromatic rings. The van der Waals surface area contributed by atoms with Crippen molar-refractivity contribution in [2.75, 3.05) is 98.2 Å². The number of hydrogen-bond acceptors (Lipinski definition) is 14. The fraction of sp³-hybridized carbons (Fsp3) is 0.839. The number of ether oxygens (including phenoxy) is 7. The Morgan fingerprint density at radius 1 is 0.833 bits per heavy atom. The third-order valence-corrected chi connectivity index (χ3v) is 7.71. The van der Waals surface area contributed by atoms with E-state index >= 15 is 0 Å². The predicted molar refractivity (Wildman–Crippen MR) is 179 cm³/mol. The van der Waals surface area contributed by atoms with Crippen LogP contribution >= 0.6 is 11.8 Å². The Morgan fingerprint density at radius 2 is 1.29 bits per heavy atom. The second kappa shape index (κ2) is 27.6. The van der Waals surface area contributed by atoms with Crippen molar-refractivity contribution in [3.8, 4) is 0 Å². The molecule has 16 nitrogen and oxygen atoms in total. The van der Waals surface area contributed by atoms with Gasteiger partial charge in [-0.15, -0.1) is 16.9 Å². The average Bonchev–Trinajstić information content (AvgIpc) is 3.48. The van der Waals surface area contributed by atoms with E-state index in [9.17, 15) is 14.4 Å². The van der Waals surface area contributed by atoms with Crippen LogP contribution in [0.15, 0.2) is 6.20 Å². The summed E-state index contributed by atoms with van der Waals surface area (Å²) in [4.78, 5) is 35.0. The Bertz CT molecular complexity index is 996. The van der Waals surface area contributed by atoms with Gasteiger partial charge in [0.1, 0.15) is 11.5 Å². The van der Waals surface area contributed by atoms with Gasteiger partial charge in [0, 0.05) is 12.4 Å². The van der Waals surface area contributed by atoms with Gasteiger partial charge in [-0.05, 0) is 18.8 Å². The molecule has 0 aliphatic heterocycles. The van der Waals surface area contributed by atoms with E-state index in [-0.39, 0.29) is 29.9 Å². The van der Waals surface area contributed by atoms with Crippen molar-refractivity contribution in [3.05, 3.63) is 11.9 Å². The molecular formula is C31H57N5O11S. The first-order chi connectivity index (χ1) is 23.0. The first kappa shape index (κ1) is 43.8. The molecule has 48 heavy (non-hydrogen) atoms. The van der Waals surface area contributed by atoms with Crippen molar-refractivity contribution in [3.63, 3.8) is 0 Å². The molecule has 4 N–H and O–H groups in total. The Morgan fingerprint density at radius 3 is 1.73 bits per heavy atom. The maximum atomic E-state index is 12.5. The molecule has 278 valence electrons. The number of nitrogens with zero attached hydrogens (tertiary/aromatic N) is 3. The average molecular weight is 708 g/mol. The van der Waals surface area contributed by atoms with Crippen LogP contribution in [-0.4, -0.2) is 147 Å². The summed E-state index contributed by atoms with van der Waals surface area (Å²) < 4.78 is 40.1. The number of carboxylic acids is 1. The monoisotopic (exact) mass is 707 g/mol. The molecule has 0 radical (unpaired) electrons. The maximum absolute atomic E-state index is 12.5. The fourth-order valence-corrected chi connectivity index (χ4v) is 4.67. The lowest BCUT2D eigenvalue weighted by Crippen LogP contribution is -2.37. The first-order valence-electron chi connectivity index (χ1n) is 16.3. The highest BCUT2D eigenvalue weighted by molar-refractivity contribution is 8.00. The zero-order chi connectivity index (χ0) is 35.5. The number of carbonyl (C=O) groups is 3. The standard InChI is InChI=1S/C31H57N5O11S/c1-25(37)27(32)24-48-28(21-29(38)39)30(40)33-22-26-23-36(35-34-26)6-8-42-10-12-44-14-16-46-18-20-47-19-17-45-15-13-43-11-9-41-7-5-31(2,3)4/h23,27-28H,5-22,24,32H2,1-4H3,(H,33,40)(H,38,39). The van der Waals surface area contributed by atoms with Crippen molar-refractivity contribution in [1.82, 2.24) is 20.3 Å². The summed E-state index contributed by atoms with van der Waals surface area (Å²) in [6, 6.07) is -0.758. The summed E-state index contributed by atoms with van der Waals surface area (Å²) in [7, 11) is 0. The lowest BCUT2D eigenvalue weighted by Gasteiger charge is -2.17. The van der Waals surface area contributed by atoms with Crippen molar-refractivity contribution in [1.29, 1.82) is 0 Å². The molecule has 0 bridgehead atoms. The Balaban J connectivity index is 1.93. The van der Waals surface area contributed by atoms with Crippen molar-refractivity contribution < 1.29 is 52.6 Å². The fourth-order valence-electron chi connectivity index (χ4n) is 3.50. The van der Waals surface area contributed by atoms with E-state index in [0.717, 1.165) is 24.8 Å². The molecule has 2 atom stereocenters. The number of Topliss-reactive ketones (excluding diaryl/α,β-unsaturated/α-hetero) is 1. The third kappa shape index (κ3) is 25.8. The Kier molecular flexibility index (Phi) is 25.2. The number of hydrogen-bond donors (Lipinski definition) is 3. The van der Waals surface area contributed by atoms with Gasteiger partial charge < -0.3 is 49.3 Å². The molecule has 0 fully saturated rings. The van der Waals surface area contributed by atoms with E-state index in [4.69, 9.17) is 44.0 Å². The molecular weight excluding hydrogens is 650 g/mol. The summed E-state index contributed by atoms with van der Waals surface area (Å²) in [5.74, 6) is -1.68. The van der Waals surface area contributed by atoms with Gasteiger partial charge >= 0.3 is 5.97 Å². The molecule has 0 aliphatic carbocycles. The van der Waals surface area contributed by atoms with Gasteiger partial charge in [-0.25, -0.2) is 4.68 Å². The Hall–Kier alpha value is -2.22. The van der Waals surface area contributed by atoms with E-state index in [1.165, 1.54) is 6.92 Å². The topological polar surface area (TPSA) is 205 Å². The van der Waals surface area contributed by atoms with Gasteiger partial charge in [-0.3, -0.25) is 14.4 Å². The number of aliphatic carboxylic acids is 1. The molecule has 17 heteroatoms. The summed E-state index contributed by atoms with van der Waals surface area (Å²) in [5.41, 5.74) is 6.49. The number of carbonyl (C=O) groups excluding carboxylic acids is 2. The number of nitrogens with two attached hydrogens (primary N) is 1. The van der Waals surface area contributed by atoms with E-state index in [2.05, 4.69) is 36.4 Å². The normalized spacial score (nSPS) is 13.0. The molecule has 0 saturated heterocycles. The smallest absolute Gasteiger partial charge is 0.305 e. The van der Waals surface area contributed by atoms with Crippen molar-refractivity contribution in [2.24, 2.45) is 11.1 Å². The molecule has 1 amide bonds. The number of ketones is 1. The minimum absolute atomic E-state index is 0.0801. The summed E-state index contributed by atoms with van der Waals surface area (Å²) in [5, 5.41) is 18.9. The summed E-state index contributed by atoms with van der Waals surface area (Å²) in [6.07, 6.45) is 2.31. The van der Waals surface area contributed by atoms with Crippen LogP contribution in [0.1, 0.15) is 46.2 Å². The molecule has 0 aromatic carbocycles. The Labute approximate surface area is 288 Å². The highest BCUT2D eigenvalue weighted by atomic mass is 32.2. The minimum atomic E-state index is -1.12. The van der Waals surface area contributed by atoms with Gasteiger partial charge in [0.25, 0.3) is 0 Å². The highest BCUT2D eigenvalue weighted by Crippen LogP contribution is 2.18. The quantitative estimate of drug-likeness (QED) is 0.0892. The van der Waals surface area contributed by atoms with E-state index in [1.54, 1.807) is 10.9 Å². The van der Waals surface area contributed by atoms with Gasteiger partial charge in [0.15, 0.2) is 0 Å². The molecule has 0 saturated carbocycles. The second-order valence-electron chi connectivity index (χ2n) is 11.9. The van der Waals surface area contributed by atoms with Crippen LogP contribution in [0.2, 0.25) is 0 Å². The van der Waals surface area contributed by atoms with E-state index in [0.29, 0.717) is 98.1 Å². The summed E-state index contributed by atoms with van der Waals surface area (Å²) in [6.45, 7) is 15.5. The number of carboxylic acid groups (broad SMARTS) is 1. The number of rotatable bonds is 32. The van der Waals surface area contributed by atoms with Crippen LogP contribution in [0.5, 0.6) is 0 Å². The predicted octanol–water partition coefficient (Wildman–Crippen LogP) is 0.940. The van der Waals surface area contributed by atoms with Gasteiger partial charge in [-0.2, -0.15) is 0 Å². The molecule has 0 spiro atoms. The SMILES string of the molecule is CC(=O)C(N)CSC(CC(=O)O)C(=O)NCc1cn(CCOCCOCCOCCOCCOCCOCCOCCC(C)(C)C)nn1. The van der Waals surface area contributed by atoms with Crippen LogP contribution in [0.3, 0.4) is 0 Å². The van der Waals surface area contributed by atoms with Gasteiger partial charge in [0.05, 0.1) is 123 Å². The maximum Gasteiger partial charge on any atom is 0.305 e. The van der Waals surface area contributed by atoms with Crippen molar-refractivity contribution >= 4 is 29.4 Å². The lowest BCUT2D eigenvalue weighted by molar-refractivity contribution is -0.138. The second-order valence-corrected chi connectivity index (χ2v) is 13.2. The number of aromatic nitrogens is 3. The molecule has 1 aromatic heterocycles. The van der Waals surface area contributed by atoms with Gasteiger partial charge in [0.2, 0.25) is 5.91 Å². The van der Waals surface area contributed by atoms with Crippen LogP contribution in [0.25, 0.3) is 0 Å². The van der Waals surface area contributed by atoms with Gasteiger partial charge in [-0.1, -0.05) is 26.0 Å². The number of nitrogens with one attached hydrogen (secondary N) is 1. The zero-order valence-corrected chi connectivity index (χ0v) is 29.8. The highest BCUT2D eigenvalue weighted by Gasteiger charge is 2.24. The van der Waals surface area contributed by atoms with E-state index in [1.807, 2.05) is 0 Å². The van der Waals surface area contributed by atoms with Crippen LogP contribution in [0.4, 0.5) is 0 Å². The molecule has 1 rings (SSSR count). The molecule has 2 unspecified atom stereocenters. The van der Waals surface area contributed by atoms with E-state index < -0.39 is 23.2 Å². The number of thioether (sulfide) groups is 1. The molecule has 0 aliphatic rings. The third-order valence-electron chi connectivity index (χ3n) is 6.37. The summed E-state index contributed by atoms with van der Waals surface area (Å²) >= 11 is 1.04. The van der Waals surface area contributed by atoms with Crippen LogP contribution in [0, 0.1) is 5.41 Å². The number of amides is 1. The minimum Gasteiger partial charge on any atom is -0.481 e. The molecule has 1 heterocycles.